The monoisotopic (exact) mass is 555 g/mol. The van der Waals surface area contributed by atoms with Gasteiger partial charge < -0.3 is 9.47 Å². The van der Waals surface area contributed by atoms with E-state index in [9.17, 15) is 0 Å². The van der Waals surface area contributed by atoms with Crippen LogP contribution in [-0.4, -0.2) is 13.2 Å². The highest BCUT2D eigenvalue weighted by Crippen LogP contribution is 2.35. The predicted molar refractivity (Wildman–Crippen MR) is 174 cm³/mol. The van der Waals surface area contributed by atoms with E-state index in [0.29, 0.717) is 0 Å². The van der Waals surface area contributed by atoms with Crippen molar-refractivity contribution in [2.45, 2.75) is 168 Å². The second-order valence-corrected chi connectivity index (χ2v) is 13.6. The summed E-state index contributed by atoms with van der Waals surface area (Å²) in [5, 5.41) is 0. The summed E-state index contributed by atoms with van der Waals surface area (Å²) in [4.78, 5) is 0. The molecule has 2 aliphatic rings. The smallest absolute Gasteiger partial charge is 0.119 e. The highest BCUT2D eigenvalue weighted by Gasteiger charge is 2.21. The van der Waals surface area contributed by atoms with Crippen LogP contribution < -0.4 is 9.47 Å². The Morgan fingerprint density at radius 3 is 1.05 bits per heavy atom. The van der Waals surface area contributed by atoms with E-state index in [1.54, 1.807) is 0 Å². The van der Waals surface area contributed by atoms with Crippen LogP contribution in [0.15, 0.2) is 24.3 Å². The molecule has 2 fully saturated rings. The second kappa shape index (κ2) is 21.5. The average Bonchev–Trinajstić information content (AvgIpc) is 2.99. The fraction of sp³-hybridized carbons (Fsp3) is 0.842. The van der Waals surface area contributed by atoms with E-state index in [1.807, 2.05) is 0 Å². The molecule has 1 aromatic rings. The van der Waals surface area contributed by atoms with E-state index in [2.05, 4.69) is 38.1 Å². The normalized spacial score (nSPS) is 23.2. The third kappa shape index (κ3) is 14.6. The van der Waals surface area contributed by atoms with Crippen molar-refractivity contribution in [2.24, 2.45) is 23.7 Å². The minimum atomic E-state index is 0.846. The zero-order valence-electron chi connectivity index (χ0n) is 26.8. The lowest BCUT2D eigenvalue weighted by atomic mass is 9.78. The van der Waals surface area contributed by atoms with Crippen molar-refractivity contribution in [1.29, 1.82) is 0 Å². The van der Waals surface area contributed by atoms with Crippen LogP contribution in [0, 0.1) is 23.7 Å². The molecule has 0 unspecified atom stereocenters. The van der Waals surface area contributed by atoms with Gasteiger partial charge in [0.15, 0.2) is 0 Å². The van der Waals surface area contributed by atoms with Crippen LogP contribution in [0.3, 0.4) is 0 Å². The summed E-state index contributed by atoms with van der Waals surface area (Å²) in [5.74, 6) is 5.88. The Kier molecular flexibility index (Phi) is 17.9. The van der Waals surface area contributed by atoms with Crippen molar-refractivity contribution >= 4 is 0 Å². The molecule has 0 aliphatic heterocycles. The summed E-state index contributed by atoms with van der Waals surface area (Å²) in [5.41, 5.74) is 0. The maximum Gasteiger partial charge on any atom is 0.119 e. The van der Waals surface area contributed by atoms with Gasteiger partial charge in [0.25, 0.3) is 0 Å². The summed E-state index contributed by atoms with van der Waals surface area (Å²) in [7, 11) is 0. The van der Waals surface area contributed by atoms with Crippen LogP contribution in [0.5, 0.6) is 11.5 Å². The fourth-order valence-corrected chi connectivity index (χ4v) is 7.45. The highest BCUT2D eigenvalue weighted by atomic mass is 16.5. The fourth-order valence-electron chi connectivity index (χ4n) is 7.45. The van der Waals surface area contributed by atoms with Gasteiger partial charge in [0.05, 0.1) is 13.2 Å². The molecule has 0 N–H and O–H groups in total. The Hall–Kier alpha value is -1.18. The van der Waals surface area contributed by atoms with Crippen molar-refractivity contribution < 1.29 is 9.47 Å². The maximum atomic E-state index is 6.06. The number of unbranched alkanes of at least 4 members (excludes halogenated alkanes) is 8. The summed E-state index contributed by atoms with van der Waals surface area (Å²) in [6.07, 6.45) is 34.0. The van der Waals surface area contributed by atoms with Gasteiger partial charge in [-0.25, -0.2) is 0 Å². The summed E-state index contributed by atoms with van der Waals surface area (Å²) in [6, 6.07) is 8.35. The Morgan fingerprint density at radius 1 is 0.425 bits per heavy atom. The van der Waals surface area contributed by atoms with Crippen LogP contribution in [0.2, 0.25) is 0 Å². The number of ether oxygens (including phenoxy) is 2. The van der Waals surface area contributed by atoms with E-state index in [1.165, 1.54) is 154 Å². The van der Waals surface area contributed by atoms with Crippen molar-refractivity contribution in [3.63, 3.8) is 0 Å². The molecule has 2 heteroatoms. The molecule has 0 atom stereocenters. The first kappa shape index (κ1) is 33.3. The third-order valence-electron chi connectivity index (χ3n) is 10.2. The molecule has 3 rings (SSSR count). The summed E-state index contributed by atoms with van der Waals surface area (Å²) in [6.45, 7) is 6.30. The first-order chi connectivity index (χ1) is 19.8. The van der Waals surface area contributed by atoms with Gasteiger partial charge in [0, 0.05) is 0 Å². The molecule has 0 radical (unpaired) electrons. The third-order valence-corrected chi connectivity index (χ3v) is 10.2. The SMILES string of the molecule is CCCCCCC[C@H]1CC[C@H](CCCOc2ccc(OCCC[C@H]3CC[C@H](CCCCCCC)CC3)cc2)CC1. The molecule has 230 valence electrons. The molecule has 1 aromatic carbocycles. The molecule has 0 saturated heterocycles. The Balaban J connectivity index is 1.14. The second-order valence-electron chi connectivity index (χ2n) is 13.6. The van der Waals surface area contributed by atoms with Crippen molar-refractivity contribution in [1.82, 2.24) is 0 Å². The van der Waals surface area contributed by atoms with E-state index in [4.69, 9.17) is 9.47 Å². The standard InChI is InChI=1S/C38H66O2/c1-3-5-7-9-11-15-33-19-23-35(24-20-33)17-13-31-39-37-27-29-38(30-28-37)40-32-14-18-36-25-21-34(22-26-36)16-12-10-8-6-4-2/h27-30,33-36H,3-26,31-32H2,1-2H3/t33-,34-,35-,36-. The lowest BCUT2D eigenvalue weighted by Gasteiger charge is -2.28. The first-order valence-corrected chi connectivity index (χ1v) is 18.1. The molecule has 2 nitrogen and oxygen atoms in total. The molecule has 2 aliphatic carbocycles. The summed E-state index contributed by atoms with van der Waals surface area (Å²) >= 11 is 0. The Morgan fingerprint density at radius 2 is 0.725 bits per heavy atom. The quantitative estimate of drug-likeness (QED) is 0.133. The predicted octanol–water partition coefficient (Wildman–Crippen LogP) is 12.3. The van der Waals surface area contributed by atoms with E-state index in [0.717, 1.165) is 48.4 Å². The van der Waals surface area contributed by atoms with Gasteiger partial charge in [-0.2, -0.15) is 0 Å². The van der Waals surface area contributed by atoms with Gasteiger partial charge in [0.1, 0.15) is 11.5 Å². The topological polar surface area (TPSA) is 18.5 Å². The highest BCUT2D eigenvalue weighted by molar-refractivity contribution is 5.31. The zero-order chi connectivity index (χ0) is 28.1. The number of rotatable bonds is 22. The molecule has 40 heavy (non-hydrogen) atoms. The Bertz CT molecular complexity index is 636. The van der Waals surface area contributed by atoms with Gasteiger partial charge in [-0.3, -0.25) is 0 Å². The minimum absolute atomic E-state index is 0.846. The van der Waals surface area contributed by atoms with Crippen molar-refractivity contribution in [3.8, 4) is 11.5 Å². The number of hydrogen-bond acceptors (Lipinski definition) is 2. The van der Waals surface area contributed by atoms with E-state index < -0.39 is 0 Å². The molecule has 0 bridgehead atoms. The largest absolute Gasteiger partial charge is 0.494 e. The van der Waals surface area contributed by atoms with Crippen LogP contribution in [0.4, 0.5) is 0 Å². The zero-order valence-corrected chi connectivity index (χ0v) is 26.8. The van der Waals surface area contributed by atoms with Crippen molar-refractivity contribution in [3.05, 3.63) is 24.3 Å². The molecule has 0 amide bonds. The minimum Gasteiger partial charge on any atom is -0.494 e. The lowest BCUT2D eigenvalue weighted by Crippen LogP contribution is -2.15. The Labute approximate surface area is 249 Å². The van der Waals surface area contributed by atoms with Gasteiger partial charge in [-0.05, 0) is 73.6 Å². The number of benzene rings is 1. The molecular weight excluding hydrogens is 488 g/mol. The summed E-state index contributed by atoms with van der Waals surface area (Å²) < 4.78 is 12.1. The number of hydrogen-bond donors (Lipinski definition) is 0. The van der Waals surface area contributed by atoms with E-state index >= 15 is 0 Å². The van der Waals surface area contributed by atoms with Crippen LogP contribution >= 0.6 is 0 Å². The molecule has 2 saturated carbocycles. The van der Waals surface area contributed by atoms with Gasteiger partial charge >= 0.3 is 0 Å². The van der Waals surface area contributed by atoms with Gasteiger partial charge in [0.2, 0.25) is 0 Å². The van der Waals surface area contributed by atoms with Crippen LogP contribution in [0.25, 0.3) is 0 Å². The first-order valence-electron chi connectivity index (χ1n) is 18.1. The lowest BCUT2D eigenvalue weighted by molar-refractivity contribution is 0.226. The van der Waals surface area contributed by atoms with E-state index in [-0.39, 0.29) is 0 Å². The van der Waals surface area contributed by atoms with Crippen LogP contribution in [0.1, 0.15) is 168 Å². The molecule has 0 aromatic heterocycles. The molecule has 0 heterocycles. The maximum absolute atomic E-state index is 6.06. The van der Waals surface area contributed by atoms with Crippen molar-refractivity contribution in [2.75, 3.05) is 13.2 Å². The molecular formula is C38H66O2. The average molecular weight is 555 g/mol. The molecule has 0 spiro atoms. The van der Waals surface area contributed by atoms with Gasteiger partial charge in [-0.15, -0.1) is 0 Å². The van der Waals surface area contributed by atoms with Crippen LogP contribution in [-0.2, 0) is 0 Å². The van der Waals surface area contributed by atoms with Gasteiger partial charge in [-0.1, -0.05) is 142 Å².